The lowest BCUT2D eigenvalue weighted by Gasteiger charge is -2.20. The second kappa shape index (κ2) is 8.12. The van der Waals surface area contributed by atoms with Crippen LogP contribution in [0.2, 0.25) is 0 Å². The number of aromatic nitrogens is 2. The van der Waals surface area contributed by atoms with E-state index in [0.29, 0.717) is 18.1 Å². The quantitative estimate of drug-likeness (QED) is 0.853. The Morgan fingerprint density at radius 1 is 1.14 bits per heavy atom. The molecule has 0 fully saturated rings. The van der Waals surface area contributed by atoms with Crippen molar-refractivity contribution >= 4 is 11.9 Å². The zero-order valence-corrected chi connectivity index (χ0v) is 13.1. The van der Waals surface area contributed by atoms with Crippen LogP contribution in [0.15, 0.2) is 42.7 Å². The van der Waals surface area contributed by atoms with Gasteiger partial charge in [-0.25, -0.2) is 9.97 Å². The van der Waals surface area contributed by atoms with Crippen LogP contribution >= 0.6 is 0 Å². The molecule has 0 unspecified atom stereocenters. The van der Waals surface area contributed by atoms with Gasteiger partial charge in [0.1, 0.15) is 0 Å². The number of hydrogen-bond acceptors (Lipinski definition) is 4. The van der Waals surface area contributed by atoms with Gasteiger partial charge in [-0.1, -0.05) is 37.3 Å². The molecule has 2 rings (SSSR count). The molecule has 0 saturated carbocycles. The van der Waals surface area contributed by atoms with Gasteiger partial charge in [0, 0.05) is 32.0 Å². The molecule has 0 aliphatic carbocycles. The number of hydrogen-bond donors (Lipinski definition) is 1. The summed E-state index contributed by atoms with van der Waals surface area (Å²) in [6.07, 6.45) is 4.08. The van der Waals surface area contributed by atoms with Crippen molar-refractivity contribution in [3.8, 4) is 0 Å². The zero-order chi connectivity index (χ0) is 15.8. The van der Waals surface area contributed by atoms with E-state index < -0.39 is 0 Å². The second-order valence-corrected chi connectivity index (χ2v) is 5.03. The van der Waals surface area contributed by atoms with E-state index >= 15 is 0 Å². The monoisotopic (exact) mass is 298 g/mol. The Labute approximate surface area is 131 Å². The molecule has 0 atom stereocenters. The predicted molar refractivity (Wildman–Crippen MR) is 87.8 cm³/mol. The SMILES string of the molecule is CCCNC(=O)c1cnc(N(CC)Cc2ccccc2)nc1. The fourth-order valence-electron chi connectivity index (χ4n) is 2.07. The van der Waals surface area contributed by atoms with Gasteiger partial charge in [-0.05, 0) is 18.9 Å². The minimum atomic E-state index is -0.125. The Balaban J connectivity index is 2.05. The summed E-state index contributed by atoms with van der Waals surface area (Å²) in [6.45, 7) is 6.29. The molecular formula is C17H22N4O. The smallest absolute Gasteiger partial charge is 0.254 e. The number of carbonyl (C=O) groups is 1. The summed E-state index contributed by atoms with van der Waals surface area (Å²) in [6, 6.07) is 10.2. The summed E-state index contributed by atoms with van der Waals surface area (Å²) >= 11 is 0. The van der Waals surface area contributed by atoms with Gasteiger partial charge >= 0.3 is 0 Å². The van der Waals surface area contributed by atoms with Gasteiger partial charge in [0.25, 0.3) is 5.91 Å². The van der Waals surface area contributed by atoms with Gasteiger partial charge < -0.3 is 10.2 Å². The van der Waals surface area contributed by atoms with Gasteiger partial charge in [0.2, 0.25) is 5.95 Å². The average molecular weight is 298 g/mol. The Bertz CT molecular complexity index is 583. The minimum Gasteiger partial charge on any atom is -0.352 e. The van der Waals surface area contributed by atoms with Crippen molar-refractivity contribution in [1.29, 1.82) is 0 Å². The molecule has 1 heterocycles. The van der Waals surface area contributed by atoms with Gasteiger partial charge in [0.15, 0.2) is 0 Å². The molecule has 2 aromatic rings. The summed E-state index contributed by atoms with van der Waals surface area (Å²) in [5.41, 5.74) is 1.70. The number of anilines is 1. The molecule has 5 nitrogen and oxygen atoms in total. The van der Waals surface area contributed by atoms with Crippen molar-refractivity contribution in [3.63, 3.8) is 0 Å². The molecule has 116 valence electrons. The van der Waals surface area contributed by atoms with Crippen molar-refractivity contribution in [1.82, 2.24) is 15.3 Å². The third-order valence-corrected chi connectivity index (χ3v) is 3.32. The standard InChI is InChI=1S/C17H22N4O/c1-3-10-18-16(22)15-11-19-17(20-12-15)21(4-2)13-14-8-6-5-7-9-14/h5-9,11-12H,3-4,10,13H2,1-2H3,(H,18,22). The predicted octanol–water partition coefficient (Wildman–Crippen LogP) is 2.64. The molecule has 0 saturated heterocycles. The average Bonchev–Trinajstić information content (AvgIpc) is 2.58. The first-order chi connectivity index (χ1) is 10.7. The van der Waals surface area contributed by atoms with Gasteiger partial charge in [-0.2, -0.15) is 0 Å². The van der Waals surface area contributed by atoms with Crippen LogP contribution in [-0.2, 0) is 6.54 Å². The van der Waals surface area contributed by atoms with Gasteiger partial charge in [-0.3, -0.25) is 4.79 Å². The largest absolute Gasteiger partial charge is 0.352 e. The van der Waals surface area contributed by atoms with Crippen LogP contribution in [-0.4, -0.2) is 29.0 Å². The first kappa shape index (κ1) is 15.9. The summed E-state index contributed by atoms with van der Waals surface area (Å²) in [5, 5.41) is 2.82. The fraction of sp³-hybridized carbons (Fsp3) is 0.353. The topological polar surface area (TPSA) is 58.1 Å². The van der Waals surface area contributed by atoms with E-state index in [1.807, 2.05) is 25.1 Å². The molecule has 1 aromatic heterocycles. The van der Waals surface area contributed by atoms with Crippen molar-refractivity contribution < 1.29 is 4.79 Å². The fourth-order valence-corrected chi connectivity index (χ4v) is 2.07. The van der Waals surface area contributed by atoms with E-state index in [4.69, 9.17) is 0 Å². The molecular weight excluding hydrogens is 276 g/mol. The maximum Gasteiger partial charge on any atom is 0.254 e. The highest BCUT2D eigenvalue weighted by atomic mass is 16.1. The second-order valence-electron chi connectivity index (χ2n) is 5.03. The lowest BCUT2D eigenvalue weighted by atomic mass is 10.2. The van der Waals surface area contributed by atoms with Crippen molar-refractivity contribution in [2.45, 2.75) is 26.8 Å². The van der Waals surface area contributed by atoms with Crippen LogP contribution in [0.4, 0.5) is 5.95 Å². The number of carbonyl (C=O) groups excluding carboxylic acids is 1. The maximum atomic E-state index is 11.8. The molecule has 0 bridgehead atoms. The number of nitrogens with zero attached hydrogens (tertiary/aromatic N) is 3. The highest BCUT2D eigenvalue weighted by Gasteiger charge is 2.10. The summed E-state index contributed by atoms with van der Waals surface area (Å²) in [4.78, 5) is 22.6. The molecule has 1 N–H and O–H groups in total. The van der Waals surface area contributed by atoms with Crippen LogP contribution in [0.5, 0.6) is 0 Å². The van der Waals surface area contributed by atoms with E-state index in [1.54, 1.807) is 12.4 Å². The lowest BCUT2D eigenvalue weighted by Crippen LogP contribution is -2.26. The highest BCUT2D eigenvalue weighted by molar-refractivity contribution is 5.93. The molecule has 0 aliphatic rings. The summed E-state index contributed by atoms with van der Waals surface area (Å²) < 4.78 is 0. The Morgan fingerprint density at radius 2 is 1.82 bits per heavy atom. The van der Waals surface area contributed by atoms with E-state index in [0.717, 1.165) is 19.5 Å². The highest BCUT2D eigenvalue weighted by Crippen LogP contribution is 2.12. The van der Waals surface area contributed by atoms with E-state index in [1.165, 1.54) is 5.56 Å². The molecule has 1 amide bonds. The van der Waals surface area contributed by atoms with Crippen LogP contribution in [0.1, 0.15) is 36.2 Å². The lowest BCUT2D eigenvalue weighted by molar-refractivity contribution is 0.0953. The van der Waals surface area contributed by atoms with Crippen LogP contribution in [0.25, 0.3) is 0 Å². The number of nitrogens with one attached hydrogen (secondary N) is 1. The molecule has 0 spiro atoms. The molecule has 5 heteroatoms. The molecule has 0 radical (unpaired) electrons. The third kappa shape index (κ3) is 4.28. The van der Waals surface area contributed by atoms with Crippen LogP contribution < -0.4 is 10.2 Å². The Hall–Kier alpha value is -2.43. The first-order valence-electron chi connectivity index (χ1n) is 7.63. The van der Waals surface area contributed by atoms with E-state index in [-0.39, 0.29) is 5.91 Å². The normalized spacial score (nSPS) is 10.3. The van der Waals surface area contributed by atoms with Crippen molar-refractivity contribution in [2.75, 3.05) is 18.0 Å². The maximum absolute atomic E-state index is 11.8. The van der Waals surface area contributed by atoms with Crippen molar-refractivity contribution in [2.24, 2.45) is 0 Å². The number of benzene rings is 1. The molecule has 22 heavy (non-hydrogen) atoms. The summed E-state index contributed by atoms with van der Waals surface area (Å²) in [7, 11) is 0. The van der Waals surface area contributed by atoms with Gasteiger partial charge in [-0.15, -0.1) is 0 Å². The van der Waals surface area contributed by atoms with Crippen molar-refractivity contribution in [3.05, 3.63) is 53.9 Å². The molecule has 1 aromatic carbocycles. The van der Waals surface area contributed by atoms with Gasteiger partial charge in [0.05, 0.1) is 5.56 Å². The molecule has 0 aliphatic heterocycles. The number of amides is 1. The Morgan fingerprint density at radius 3 is 2.41 bits per heavy atom. The zero-order valence-electron chi connectivity index (χ0n) is 13.1. The Kier molecular flexibility index (Phi) is 5.89. The minimum absolute atomic E-state index is 0.125. The van der Waals surface area contributed by atoms with Crippen LogP contribution in [0, 0.1) is 0 Å². The van der Waals surface area contributed by atoms with Crippen LogP contribution in [0.3, 0.4) is 0 Å². The van der Waals surface area contributed by atoms with E-state index in [2.05, 4.69) is 39.2 Å². The first-order valence-corrected chi connectivity index (χ1v) is 7.63. The third-order valence-electron chi connectivity index (χ3n) is 3.32. The summed E-state index contributed by atoms with van der Waals surface area (Å²) in [5.74, 6) is 0.512. The van der Waals surface area contributed by atoms with E-state index in [9.17, 15) is 4.79 Å². The number of rotatable bonds is 7.